The summed E-state index contributed by atoms with van der Waals surface area (Å²) in [5.74, 6) is 1.03. The minimum absolute atomic E-state index is 0.168. The normalized spacial score (nSPS) is 13.9. The van der Waals surface area contributed by atoms with E-state index >= 15 is 0 Å². The number of phenols is 3. The fraction of sp³-hybridized carbons (Fsp3) is 0.457. The quantitative estimate of drug-likeness (QED) is 0.161. The van der Waals surface area contributed by atoms with Crippen molar-refractivity contribution in [3.8, 4) is 23.0 Å². The molecule has 5 nitrogen and oxygen atoms in total. The summed E-state index contributed by atoms with van der Waals surface area (Å²) in [6, 6.07) is 16.5. The molecule has 0 atom stereocenters. The van der Waals surface area contributed by atoms with Crippen LogP contribution < -0.4 is 4.74 Å². The van der Waals surface area contributed by atoms with Crippen molar-refractivity contribution in [1.29, 1.82) is 0 Å². The Balaban J connectivity index is 1.93. The van der Waals surface area contributed by atoms with Crippen molar-refractivity contribution in [1.82, 2.24) is 0 Å². The van der Waals surface area contributed by atoms with E-state index in [0.717, 1.165) is 55.6 Å². The Bertz CT molecular complexity index is 1910. The average Bonchev–Trinajstić information content (AvgIpc) is 2.99. The van der Waals surface area contributed by atoms with Gasteiger partial charge in [0.2, 0.25) is 0 Å². The first-order chi connectivity index (χ1) is 23.8. The standard InChI is InChI=1S/C46H57ClO5/c1-43(2,3)34-17-26-13-28-19-35(44(4,5)6)21-30(40(28)50)15-32-23-37(46(10,11)12)24-33(42(32)52-25-38(47)48)16-31-22-36(45(7,8)9)20-29(41(31)51)14-27(18-34)39(26)49/h17-24,49-51H,13-16,25H2,1-12H3. The number of halogens is 1. The van der Waals surface area contributed by atoms with Crippen molar-refractivity contribution >= 4 is 16.8 Å². The zero-order chi connectivity index (χ0) is 38.7. The third kappa shape index (κ3) is 8.46. The first-order valence-electron chi connectivity index (χ1n) is 18.4. The minimum Gasteiger partial charge on any atom is -0.507 e. The third-order valence-electron chi connectivity index (χ3n) is 10.4. The number of fused-ring (bicyclic) bond motifs is 8. The van der Waals surface area contributed by atoms with Gasteiger partial charge in [-0.05, 0) is 100 Å². The number of carbonyl (C=O) groups is 1. The lowest BCUT2D eigenvalue weighted by atomic mass is 9.79. The topological polar surface area (TPSA) is 87.0 Å². The molecule has 1 aliphatic rings. The van der Waals surface area contributed by atoms with Gasteiger partial charge in [0.15, 0.2) is 6.61 Å². The average molecular weight is 725 g/mol. The molecule has 0 heterocycles. The van der Waals surface area contributed by atoms with Crippen LogP contribution in [0.4, 0.5) is 0 Å². The van der Waals surface area contributed by atoms with Gasteiger partial charge >= 0.3 is 0 Å². The summed E-state index contributed by atoms with van der Waals surface area (Å²) in [5, 5.41) is 35.5. The number of benzene rings is 4. The summed E-state index contributed by atoms with van der Waals surface area (Å²) < 4.78 is 6.28. The molecule has 8 bridgehead atoms. The van der Waals surface area contributed by atoms with Gasteiger partial charge in [0.1, 0.15) is 23.0 Å². The van der Waals surface area contributed by atoms with Gasteiger partial charge in [-0.1, -0.05) is 132 Å². The van der Waals surface area contributed by atoms with Gasteiger partial charge in [-0.3, -0.25) is 4.79 Å². The summed E-state index contributed by atoms with van der Waals surface area (Å²) >= 11 is 5.87. The highest BCUT2D eigenvalue weighted by molar-refractivity contribution is 6.63. The second-order valence-corrected chi connectivity index (χ2v) is 19.3. The van der Waals surface area contributed by atoms with E-state index in [1.54, 1.807) is 0 Å². The van der Waals surface area contributed by atoms with Gasteiger partial charge in [-0.2, -0.15) is 0 Å². The van der Waals surface area contributed by atoms with E-state index in [9.17, 15) is 20.1 Å². The fourth-order valence-electron chi connectivity index (χ4n) is 6.97. The molecule has 6 heteroatoms. The molecular weight excluding hydrogens is 668 g/mol. The first kappa shape index (κ1) is 39.3. The molecule has 0 spiro atoms. The Hall–Kier alpha value is -3.96. The van der Waals surface area contributed by atoms with Gasteiger partial charge in [-0.15, -0.1) is 0 Å². The molecule has 3 N–H and O–H groups in total. The van der Waals surface area contributed by atoms with Crippen LogP contribution in [-0.4, -0.2) is 27.2 Å². The van der Waals surface area contributed by atoms with Gasteiger partial charge in [-0.25, -0.2) is 0 Å². The molecular formula is C46H57ClO5. The predicted octanol–water partition coefficient (Wildman–Crippen LogP) is 10.8. The zero-order valence-corrected chi connectivity index (χ0v) is 33.9. The molecule has 0 fully saturated rings. The van der Waals surface area contributed by atoms with Crippen LogP contribution in [0.25, 0.3) is 0 Å². The Morgan fingerprint density at radius 3 is 0.904 bits per heavy atom. The molecule has 4 aromatic carbocycles. The predicted molar refractivity (Wildman–Crippen MR) is 213 cm³/mol. The smallest absolute Gasteiger partial charge is 0.259 e. The van der Waals surface area contributed by atoms with E-state index in [1.165, 1.54) is 0 Å². The maximum Gasteiger partial charge on any atom is 0.259 e. The largest absolute Gasteiger partial charge is 0.507 e. The van der Waals surface area contributed by atoms with E-state index < -0.39 is 5.24 Å². The molecule has 278 valence electrons. The Labute approximate surface area is 316 Å². The molecule has 0 unspecified atom stereocenters. The lowest BCUT2D eigenvalue weighted by molar-refractivity contribution is -0.113. The van der Waals surface area contributed by atoms with E-state index in [-0.39, 0.29) is 45.5 Å². The highest BCUT2D eigenvalue weighted by Gasteiger charge is 2.28. The number of hydrogen-bond donors (Lipinski definition) is 3. The van der Waals surface area contributed by atoms with Crippen molar-refractivity contribution < 1.29 is 24.9 Å². The molecule has 5 rings (SSSR count). The van der Waals surface area contributed by atoms with Crippen molar-refractivity contribution in [2.24, 2.45) is 0 Å². The summed E-state index contributed by atoms with van der Waals surface area (Å²) in [7, 11) is 0. The number of phenolic OH excluding ortho intramolecular Hbond substituents is 3. The maximum atomic E-state index is 12.1. The van der Waals surface area contributed by atoms with Gasteiger partial charge in [0.05, 0.1) is 0 Å². The number of rotatable bonds is 3. The lowest BCUT2D eigenvalue weighted by Crippen LogP contribution is -2.17. The van der Waals surface area contributed by atoms with Crippen LogP contribution in [0.5, 0.6) is 23.0 Å². The van der Waals surface area contributed by atoms with Gasteiger partial charge in [0, 0.05) is 25.7 Å². The molecule has 0 saturated carbocycles. The van der Waals surface area contributed by atoms with Gasteiger partial charge < -0.3 is 20.1 Å². The Morgan fingerprint density at radius 1 is 0.481 bits per heavy atom. The van der Waals surface area contributed by atoms with E-state index in [1.807, 2.05) is 0 Å². The van der Waals surface area contributed by atoms with Crippen LogP contribution in [0.15, 0.2) is 48.5 Å². The highest BCUT2D eigenvalue weighted by atomic mass is 35.5. The van der Waals surface area contributed by atoms with Crippen molar-refractivity contribution in [3.63, 3.8) is 0 Å². The van der Waals surface area contributed by atoms with Crippen LogP contribution in [0, 0.1) is 0 Å². The Morgan fingerprint density at radius 2 is 0.692 bits per heavy atom. The second-order valence-electron chi connectivity index (χ2n) is 18.9. The summed E-state index contributed by atoms with van der Waals surface area (Å²) in [4.78, 5) is 12.1. The molecule has 0 aromatic heterocycles. The summed E-state index contributed by atoms with van der Waals surface area (Å²) in [5.41, 5.74) is 9.27. The molecule has 1 aliphatic carbocycles. The second kappa shape index (κ2) is 13.8. The highest BCUT2D eigenvalue weighted by Crippen LogP contribution is 2.43. The van der Waals surface area contributed by atoms with E-state index in [0.29, 0.717) is 42.6 Å². The van der Waals surface area contributed by atoms with E-state index in [4.69, 9.17) is 16.3 Å². The molecule has 0 radical (unpaired) electrons. The summed E-state index contributed by atoms with van der Waals surface area (Å²) in [6.45, 7) is 25.5. The Kier molecular flexibility index (Phi) is 10.4. The molecule has 52 heavy (non-hydrogen) atoms. The van der Waals surface area contributed by atoms with Crippen molar-refractivity contribution in [3.05, 3.63) is 115 Å². The summed E-state index contributed by atoms with van der Waals surface area (Å²) in [6.07, 6.45) is 1.26. The molecule has 4 aromatic rings. The van der Waals surface area contributed by atoms with Crippen LogP contribution in [0.1, 0.15) is 150 Å². The monoisotopic (exact) mass is 724 g/mol. The molecule has 0 aliphatic heterocycles. The SMILES string of the molecule is CC(C)(C)c1cc2c(O)c(c1)Cc1cc(C(C)(C)C)cc(c1O)Cc1cc(C(C)(C)C)cc(c1OCC(=O)Cl)Cc1cc(C(C)(C)C)cc(c1O)C2. The number of carbonyl (C=O) groups excluding carboxylic acids is 1. The van der Waals surface area contributed by atoms with Crippen molar-refractivity contribution in [2.75, 3.05) is 6.61 Å². The minimum atomic E-state index is -0.616. The van der Waals surface area contributed by atoms with Crippen LogP contribution in [-0.2, 0) is 52.1 Å². The zero-order valence-electron chi connectivity index (χ0n) is 33.2. The lowest BCUT2D eigenvalue weighted by Gasteiger charge is -2.27. The van der Waals surface area contributed by atoms with Crippen LogP contribution in [0.3, 0.4) is 0 Å². The van der Waals surface area contributed by atoms with Gasteiger partial charge in [0.25, 0.3) is 5.24 Å². The number of hydrogen-bond acceptors (Lipinski definition) is 5. The third-order valence-corrected chi connectivity index (χ3v) is 10.5. The maximum absolute atomic E-state index is 12.1. The first-order valence-corrected chi connectivity index (χ1v) is 18.7. The molecule has 0 saturated heterocycles. The van der Waals surface area contributed by atoms with Crippen molar-refractivity contribution in [2.45, 2.75) is 130 Å². The molecule has 0 amide bonds. The number of aromatic hydroxyl groups is 3. The van der Waals surface area contributed by atoms with Crippen LogP contribution >= 0.6 is 11.6 Å². The van der Waals surface area contributed by atoms with E-state index in [2.05, 4.69) is 132 Å². The fourth-order valence-corrected chi connectivity index (χ4v) is 7.03. The number of ether oxygens (including phenoxy) is 1. The van der Waals surface area contributed by atoms with Crippen LogP contribution in [0.2, 0.25) is 0 Å².